The van der Waals surface area contributed by atoms with Crippen molar-refractivity contribution in [1.82, 2.24) is 4.57 Å². The van der Waals surface area contributed by atoms with Crippen LogP contribution >= 0.6 is 11.3 Å². The second-order valence-corrected chi connectivity index (χ2v) is 7.44. The number of ketones is 1. The number of benzene rings is 2. The molecular weight excluding hydrogens is 370 g/mol. The molecule has 28 heavy (non-hydrogen) atoms. The summed E-state index contributed by atoms with van der Waals surface area (Å²) in [6, 6.07) is 19.6. The molecule has 5 heteroatoms. The van der Waals surface area contributed by atoms with Crippen molar-refractivity contribution in [3.63, 3.8) is 0 Å². The van der Waals surface area contributed by atoms with Gasteiger partial charge in [-0.15, -0.1) is 11.3 Å². The van der Waals surface area contributed by atoms with E-state index in [1.54, 1.807) is 7.11 Å². The van der Waals surface area contributed by atoms with Gasteiger partial charge in [-0.3, -0.25) is 4.79 Å². The van der Waals surface area contributed by atoms with Gasteiger partial charge in [-0.1, -0.05) is 30.3 Å². The largest absolute Gasteiger partial charge is 0.497 e. The fraction of sp³-hybridized carbons (Fsp3) is 0.0870. The van der Waals surface area contributed by atoms with Crippen LogP contribution in [0.4, 0.5) is 0 Å². The van der Waals surface area contributed by atoms with E-state index in [2.05, 4.69) is 0 Å². The normalized spacial score (nSPS) is 12.0. The molecule has 0 saturated carbocycles. The van der Waals surface area contributed by atoms with Crippen molar-refractivity contribution >= 4 is 17.1 Å². The zero-order valence-electron chi connectivity index (χ0n) is 15.2. The molecule has 0 saturated heterocycles. The molecule has 4 aromatic rings. The van der Waals surface area contributed by atoms with Crippen LogP contribution in [0, 0.1) is 0 Å². The average Bonchev–Trinajstić information content (AvgIpc) is 3.43. The van der Waals surface area contributed by atoms with Crippen molar-refractivity contribution in [2.75, 3.05) is 7.11 Å². The van der Waals surface area contributed by atoms with Gasteiger partial charge in [0.2, 0.25) is 5.78 Å². The van der Waals surface area contributed by atoms with Gasteiger partial charge in [0.15, 0.2) is 0 Å². The van der Waals surface area contributed by atoms with Crippen molar-refractivity contribution in [3.05, 3.63) is 88.4 Å². The molecule has 0 N–H and O–H groups in total. The lowest BCUT2D eigenvalue weighted by atomic mass is 10.1. The Hall–Kier alpha value is -3.31. The fourth-order valence-corrected chi connectivity index (χ4v) is 4.53. The summed E-state index contributed by atoms with van der Waals surface area (Å²) in [5.74, 6) is 1.55. The van der Waals surface area contributed by atoms with E-state index in [-0.39, 0.29) is 5.78 Å². The number of ether oxygens (including phenoxy) is 2. The van der Waals surface area contributed by atoms with E-state index in [1.165, 1.54) is 11.3 Å². The SMILES string of the molecule is COc1ccc(-c2csc3c2-n2cccc2C3=O)c(OCc2ccccc2)c1. The van der Waals surface area contributed by atoms with Gasteiger partial charge < -0.3 is 14.0 Å². The van der Waals surface area contributed by atoms with Crippen LogP contribution in [0.5, 0.6) is 11.5 Å². The number of fused-ring (bicyclic) bond motifs is 3. The minimum atomic E-state index is 0.0801. The summed E-state index contributed by atoms with van der Waals surface area (Å²) in [6.45, 7) is 0.459. The summed E-state index contributed by atoms with van der Waals surface area (Å²) >= 11 is 1.48. The molecule has 0 bridgehead atoms. The Morgan fingerprint density at radius 1 is 1.00 bits per heavy atom. The van der Waals surface area contributed by atoms with Crippen LogP contribution in [0.2, 0.25) is 0 Å². The van der Waals surface area contributed by atoms with Gasteiger partial charge in [0.05, 0.1) is 18.5 Å². The van der Waals surface area contributed by atoms with Gasteiger partial charge >= 0.3 is 0 Å². The third-order valence-corrected chi connectivity index (χ3v) is 5.88. The Labute approximate surface area is 166 Å². The number of thiophene rings is 1. The first-order chi connectivity index (χ1) is 13.8. The fourth-order valence-electron chi connectivity index (χ4n) is 3.53. The lowest BCUT2D eigenvalue weighted by Gasteiger charge is -2.14. The molecule has 0 spiro atoms. The van der Waals surface area contributed by atoms with Gasteiger partial charge in [0.25, 0.3) is 0 Å². The maximum absolute atomic E-state index is 12.6. The van der Waals surface area contributed by atoms with Gasteiger partial charge in [0, 0.05) is 28.8 Å². The van der Waals surface area contributed by atoms with E-state index >= 15 is 0 Å². The van der Waals surface area contributed by atoms with Gasteiger partial charge in [-0.2, -0.15) is 0 Å². The zero-order valence-corrected chi connectivity index (χ0v) is 16.0. The van der Waals surface area contributed by atoms with Crippen LogP contribution in [0.25, 0.3) is 16.8 Å². The molecule has 0 fully saturated rings. The number of rotatable bonds is 5. The topological polar surface area (TPSA) is 40.5 Å². The predicted octanol–water partition coefficient (Wildman–Crippen LogP) is 5.34. The number of hydrogen-bond acceptors (Lipinski definition) is 4. The number of methoxy groups -OCH3 is 1. The summed E-state index contributed by atoms with van der Waals surface area (Å²) in [5.41, 5.74) is 4.68. The first-order valence-corrected chi connectivity index (χ1v) is 9.83. The average molecular weight is 387 g/mol. The highest BCUT2D eigenvalue weighted by Gasteiger charge is 2.31. The summed E-state index contributed by atoms with van der Waals surface area (Å²) < 4.78 is 13.5. The lowest BCUT2D eigenvalue weighted by molar-refractivity contribution is 0.104. The smallest absolute Gasteiger partial charge is 0.221 e. The summed E-state index contributed by atoms with van der Waals surface area (Å²) in [4.78, 5) is 13.4. The number of nitrogens with zero attached hydrogens (tertiary/aromatic N) is 1. The van der Waals surface area contributed by atoms with Crippen molar-refractivity contribution in [2.45, 2.75) is 6.61 Å². The second-order valence-electron chi connectivity index (χ2n) is 6.56. The summed E-state index contributed by atoms with van der Waals surface area (Å²) in [5, 5.41) is 2.03. The molecule has 2 aromatic carbocycles. The molecule has 5 rings (SSSR count). The minimum absolute atomic E-state index is 0.0801. The molecule has 3 heterocycles. The number of aromatic nitrogens is 1. The highest BCUT2D eigenvalue weighted by Crippen LogP contribution is 2.44. The quantitative estimate of drug-likeness (QED) is 0.409. The third kappa shape index (κ3) is 2.63. The maximum atomic E-state index is 12.6. The first kappa shape index (κ1) is 16.8. The molecular formula is C23H17NO3S. The second kappa shape index (κ2) is 6.69. The van der Waals surface area contributed by atoms with E-state index in [0.717, 1.165) is 38.8 Å². The minimum Gasteiger partial charge on any atom is -0.497 e. The van der Waals surface area contributed by atoms with E-state index in [9.17, 15) is 4.79 Å². The zero-order chi connectivity index (χ0) is 19.1. The summed E-state index contributed by atoms with van der Waals surface area (Å²) in [6.07, 6.45) is 1.93. The van der Waals surface area contributed by atoms with Crippen LogP contribution in [0.3, 0.4) is 0 Å². The standard InChI is InChI=1S/C23H17NO3S/c1-26-16-9-10-17(20(12-16)27-13-15-6-3-2-4-7-15)18-14-28-23-21(18)24-11-5-8-19(24)22(23)25/h2-12,14H,13H2,1H3. The summed E-state index contributed by atoms with van der Waals surface area (Å²) in [7, 11) is 1.64. The van der Waals surface area contributed by atoms with E-state index in [1.807, 2.05) is 76.8 Å². The maximum Gasteiger partial charge on any atom is 0.221 e. The molecule has 0 atom stereocenters. The van der Waals surface area contributed by atoms with Gasteiger partial charge in [0.1, 0.15) is 23.0 Å². The van der Waals surface area contributed by atoms with Crippen LogP contribution < -0.4 is 9.47 Å². The van der Waals surface area contributed by atoms with E-state index in [4.69, 9.17) is 9.47 Å². The molecule has 2 aromatic heterocycles. The van der Waals surface area contributed by atoms with Crippen LogP contribution in [0.15, 0.2) is 72.2 Å². The van der Waals surface area contributed by atoms with Crippen molar-refractivity contribution in [2.24, 2.45) is 0 Å². The third-order valence-electron chi connectivity index (χ3n) is 4.91. The molecule has 0 unspecified atom stereocenters. The molecule has 1 aliphatic heterocycles. The van der Waals surface area contributed by atoms with Crippen LogP contribution in [0.1, 0.15) is 20.9 Å². The molecule has 0 radical (unpaired) electrons. The Morgan fingerprint density at radius 3 is 2.68 bits per heavy atom. The predicted molar refractivity (Wildman–Crippen MR) is 110 cm³/mol. The van der Waals surface area contributed by atoms with Crippen LogP contribution in [-0.4, -0.2) is 17.5 Å². The lowest BCUT2D eigenvalue weighted by Crippen LogP contribution is -1.99. The van der Waals surface area contributed by atoms with E-state index in [0.29, 0.717) is 12.3 Å². The molecule has 0 aliphatic carbocycles. The van der Waals surface area contributed by atoms with Crippen molar-refractivity contribution in [3.8, 4) is 28.3 Å². The van der Waals surface area contributed by atoms with Gasteiger partial charge in [-0.05, 0) is 29.8 Å². The molecule has 138 valence electrons. The number of carbonyl (C=O) groups excluding carboxylic acids is 1. The first-order valence-electron chi connectivity index (χ1n) is 8.95. The van der Waals surface area contributed by atoms with Gasteiger partial charge in [-0.25, -0.2) is 0 Å². The highest BCUT2D eigenvalue weighted by molar-refractivity contribution is 7.13. The number of carbonyl (C=O) groups is 1. The molecule has 4 nitrogen and oxygen atoms in total. The van der Waals surface area contributed by atoms with E-state index < -0.39 is 0 Å². The Balaban J connectivity index is 1.59. The molecule has 0 amide bonds. The highest BCUT2D eigenvalue weighted by atomic mass is 32.1. The Morgan fingerprint density at radius 2 is 1.86 bits per heavy atom. The Kier molecular flexibility index (Phi) is 4.02. The van der Waals surface area contributed by atoms with Crippen molar-refractivity contribution in [1.29, 1.82) is 0 Å². The monoisotopic (exact) mass is 387 g/mol. The Bertz CT molecular complexity index is 1170. The molecule has 1 aliphatic rings. The van der Waals surface area contributed by atoms with Crippen molar-refractivity contribution < 1.29 is 14.3 Å². The van der Waals surface area contributed by atoms with Crippen LogP contribution in [-0.2, 0) is 6.61 Å². The number of hydrogen-bond donors (Lipinski definition) is 0.